The van der Waals surface area contributed by atoms with Gasteiger partial charge in [0.15, 0.2) is 0 Å². The summed E-state index contributed by atoms with van der Waals surface area (Å²) >= 11 is 0. The molecule has 0 N–H and O–H groups in total. The highest BCUT2D eigenvalue weighted by Crippen LogP contribution is 2.14. The number of nitrogens with zero attached hydrogens (tertiary/aromatic N) is 1. The maximum absolute atomic E-state index is 10.8. The molecule has 0 radical (unpaired) electrons. The van der Waals surface area contributed by atoms with Crippen LogP contribution in [-0.4, -0.2) is 53.4 Å². The zero-order valence-electron chi connectivity index (χ0n) is 8.60. The topological polar surface area (TPSA) is 55.8 Å². The van der Waals surface area contributed by atoms with Crippen molar-refractivity contribution in [3.8, 4) is 0 Å². The standard InChI is InChI=1S/C7H16BNO4S/c1-12-8-9-5-3-7(4-6-9)13-14(2,10)11/h7-8H,3-6H2,1-2H3. The third-order valence-electron chi connectivity index (χ3n) is 2.16. The van der Waals surface area contributed by atoms with E-state index in [1.807, 2.05) is 0 Å². The largest absolute Gasteiger partial charge is 0.427 e. The second-order valence-electron chi connectivity index (χ2n) is 3.54. The van der Waals surface area contributed by atoms with Crippen LogP contribution < -0.4 is 0 Å². The lowest BCUT2D eigenvalue weighted by molar-refractivity contribution is 0.136. The van der Waals surface area contributed by atoms with Crippen molar-refractivity contribution in [3.63, 3.8) is 0 Å². The Morgan fingerprint density at radius 1 is 1.36 bits per heavy atom. The molecule has 1 saturated heterocycles. The van der Waals surface area contributed by atoms with Crippen molar-refractivity contribution in [2.75, 3.05) is 26.5 Å². The van der Waals surface area contributed by atoms with Gasteiger partial charge in [-0.3, -0.25) is 4.18 Å². The van der Waals surface area contributed by atoms with Crippen LogP contribution in [0.3, 0.4) is 0 Å². The molecule has 1 heterocycles. The van der Waals surface area contributed by atoms with Crippen LogP contribution in [0, 0.1) is 0 Å². The van der Waals surface area contributed by atoms with E-state index in [4.69, 9.17) is 8.84 Å². The monoisotopic (exact) mass is 221 g/mol. The lowest BCUT2D eigenvalue weighted by atomic mass is 10.0. The third kappa shape index (κ3) is 4.41. The number of piperidine rings is 1. The second-order valence-corrected chi connectivity index (χ2v) is 5.14. The van der Waals surface area contributed by atoms with Gasteiger partial charge in [-0.1, -0.05) is 0 Å². The fraction of sp³-hybridized carbons (Fsp3) is 1.00. The highest BCUT2D eigenvalue weighted by molar-refractivity contribution is 7.86. The number of hydrogen-bond acceptors (Lipinski definition) is 5. The van der Waals surface area contributed by atoms with Crippen molar-refractivity contribution in [2.24, 2.45) is 0 Å². The molecule has 7 heteroatoms. The third-order valence-corrected chi connectivity index (χ3v) is 2.78. The summed E-state index contributed by atoms with van der Waals surface area (Å²) in [4.78, 5) is 2.13. The smallest absolute Gasteiger partial charge is 0.363 e. The van der Waals surface area contributed by atoms with E-state index >= 15 is 0 Å². The molecule has 0 aromatic heterocycles. The second kappa shape index (κ2) is 5.11. The molecule has 0 aromatic rings. The van der Waals surface area contributed by atoms with Crippen molar-refractivity contribution in [1.82, 2.24) is 4.81 Å². The van der Waals surface area contributed by atoms with Gasteiger partial charge in [-0.15, -0.1) is 0 Å². The van der Waals surface area contributed by atoms with E-state index in [-0.39, 0.29) is 6.10 Å². The van der Waals surface area contributed by atoms with Crippen LogP contribution in [0.25, 0.3) is 0 Å². The molecular weight excluding hydrogens is 205 g/mol. The van der Waals surface area contributed by atoms with Crippen LogP contribution in [-0.2, 0) is 19.0 Å². The fourth-order valence-electron chi connectivity index (χ4n) is 1.56. The first kappa shape index (κ1) is 12.0. The minimum Gasteiger partial charge on any atom is -0.427 e. The average molecular weight is 221 g/mol. The molecule has 1 aliphatic heterocycles. The van der Waals surface area contributed by atoms with Crippen molar-refractivity contribution in [2.45, 2.75) is 18.9 Å². The predicted molar refractivity (Wildman–Crippen MR) is 54.7 cm³/mol. The van der Waals surface area contributed by atoms with Crippen LogP contribution in [0.2, 0.25) is 0 Å². The van der Waals surface area contributed by atoms with E-state index in [0.29, 0.717) is 7.62 Å². The van der Waals surface area contributed by atoms with Gasteiger partial charge in [-0.2, -0.15) is 8.42 Å². The molecule has 5 nitrogen and oxygen atoms in total. The fourth-order valence-corrected chi connectivity index (χ4v) is 2.25. The normalized spacial score (nSPS) is 21.0. The molecule has 0 saturated carbocycles. The van der Waals surface area contributed by atoms with Crippen molar-refractivity contribution < 1.29 is 17.3 Å². The Balaban J connectivity index is 2.29. The van der Waals surface area contributed by atoms with Crippen molar-refractivity contribution in [1.29, 1.82) is 0 Å². The Morgan fingerprint density at radius 3 is 2.36 bits per heavy atom. The molecule has 0 aromatic carbocycles. The average Bonchev–Trinajstić information content (AvgIpc) is 2.06. The van der Waals surface area contributed by atoms with E-state index in [1.54, 1.807) is 7.11 Å². The molecule has 0 aliphatic carbocycles. The minimum atomic E-state index is -3.30. The first-order valence-corrected chi connectivity index (χ1v) is 6.42. The van der Waals surface area contributed by atoms with Gasteiger partial charge in [-0.25, -0.2) is 0 Å². The van der Waals surface area contributed by atoms with Gasteiger partial charge in [0.25, 0.3) is 10.1 Å². The molecule has 0 atom stereocenters. The zero-order chi connectivity index (χ0) is 10.6. The first-order valence-electron chi connectivity index (χ1n) is 4.61. The van der Waals surface area contributed by atoms with Gasteiger partial charge >= 0.3 is 7.62 Å². The van der Waals surface area contributed by atoms with Gasteiger partial charge < -0.3 is 9.47 Å². The molecule has 1 fully saturated rings. The quantitative estimate of drug-likeness (QED) is 0.466. The molecule has 0 unspecified atom stereocenters. The molecule has 1 aliphatic rings. The summed E-state index contributed by atoms with van der Waals surface area (Å²) in [5.41, 5.74) is 0. The van der Waals surface area contributed by atoms with E-state index in [0.717, 1.165) is 32.2 Å². The van der Waals surface area contributed by atoms with Gasteiger partial charge in [0.2, 0.25) is 0 Å². The van der Waals surface area contributed by atoms with Gasteiger partial charge in [0.1, 0.15) is 0 Å². The number of hydrogen-bond donors (Lipinski definition) is 0. The summed E-state index contributed by atoms with van der Waals surface area (Å²) in [5, 5.41) is 0. The molecule has 1 rings (SSSR count). The Morgan fingerprint density at radius 2 is 1.93 bits per heavy atom. The zero-order valence-corrected chi connectivity index (χ0v) is 9.42. The lowest BCUT2D eigenvalue weighted by Crippen LogP contribution is -2.40. The maximum atomic E-state index is 10.8. The van der Waals surface area contributed by atoms with E-state index < -0.39 is 10.1 Å². The first-order chi connectivity index (χ1) is 6.51. The summed E-state index contributed by atoms with van der Waals surface area (Å²) in [6, 6.07) is 0. The van der Waals surface area contributed by atoms with E-state index in [1.165, 1.54) is 0 Å². The van der Waals surface area contributed by atoms with Gasteiger partial charge in [0, 0.05) is 7.11 Å². The van der Waals surface area contributed by atoms with Crippen LogP contribution in [0.15, 0.2) is 0 Å². The van der Waals surface area contributed by atoms with Crippen LogP contribution in [0.4, 0.5) is 0 Å². The Labute approximate surface area is 85.8 Å². The SMILES string of the molecule is COBN1CCC(OS(C)(=O)=O)CC1. The Hall–Kier alpha value is -0.105. The van der Waals surface area contributed by atoms with Crippen molar-refractivity contribution in [3.05, 3.63) is 0 Å². The predicted octanol–water partition coefficient (Wildman–Crippen LogP) is -0.660. The summed E-state index contributed by atoms with van der Waals surface area (Å²) < 4.78 is 31.6. The van der Waals surface area contributed by atoms with Crippen LogP contribution in [0.5, 0.6) is 0 Å². The summed E-state index contributed by atoms with van der Waals surface area (Å²) in [6.45, 7) is 1.65. The van der Waals surface area contributed by atoms with E-state index in [9.17, 15) is 8.42 Å². The number of rotatable bonds is 4. The molecular formula is C7H16BNO4S. The molecule has 0 spiro atoms. The minimum absolute atomic E-state index is 0.155. The highest BCUT2D eigenvalue weighted by Gasteiger charge is 2.22. The Bertz CT molecular complexity index is 261. The molecule has 14 heavy (non-hydrogen) atoms. The van der Waals surface area contributed by atoms with Crippen LogP contribution in [0.1, 0.15) is 12.8 Å². The molecule has 0 amide bonds. The lowest BCUT2D eigenvalue weighted by Gasteiger charge is -2.29. The summed E-state index contributed by atoms with van der Waals surface area (Å²) in [6.07, 6.45) is 2.43. The van der Waals surface area contributed by atoms with Gasteiger partial charge in [0.05, 0.1) is 12.4 Å². The Kier molecular flexibility index (Phi) is 4.37. The summed E-state index contributed by atoms with van der Waals surface area (Å²) in [5.74, 6) is 0. The highest BCUT2D eigenvalue weighted by atomic mass is 32.2. The van der Waals surface area contributed by atoms with Gasteiger partial charge in [-0.05, 0) is 25.9 Å². The van der Waals surface area contributed by atoms with Crippen LogP contribution >= 0.6 is 0 Å². The van der Waals surface area contributed by atoms with Crippen molar-refractivity contribution >= 4 is 17.7 Å². The molecule has 82 valence electrons. The summed E-state index contributed by atoms with van der Waals surface area (Å²) in [7, 11) is -1.05. The maximum Gasteiger partial charge on any atom is 0.363 e. The molecule has 0 bridgehead atoms. The van der Waals surface area contributed by atoms with E-state index in [2.05, 4.69) is 4.81 Å².